The van der Waals surface area contributed by atoms with Crippen molar-refractivity contribution in [2.75, 3.05) is 31.1 Å². The molecule has 1 saturated heterocycles. The number of aromatic amines is 1. The van der Waals surface area contributed by atoms with Crippen molar-refractivity contribution in [3.8, 4) is 17.1 Å². The standard InChI is InChI=1S/C29H33ClN6O2/c1-5-8-19(6-2)38-29-32-25-16-20(27-18(4)9-10-24-22(27)17-31-34-24)23(30)15-21(25)28(33-29)36-13-11-35(12-14-36)26(37)7-3/h7,9-10,15-17,19H,3,5-6,8,11-14H2,1-2,4H3,(H,31,34). The molecule has 2 aromatic heterocycles. The van der Waals surface area contributed by atoms with Gasteiger partial charge in [0.2, 0.25) is 5.91 Å². The molecule has 1 atom stereocenters. The Balaban J connectivity index is 1.63. The molecule has 1 amide bonds. The van der Waals surface area contributed by atoms with Crippen molar-refractivity contribution in [2.24, 2.45) is 0 Å². The van der Waals surface area contributed by atoms with Crippen LogP contribution in [0.1, 0.15) is 38.7 Å². The molecule has 3 heterocycles. The summed E-state index contributed by atoms with van der Waals surface area (Å²) in [6.45, 7) is 12.4. The lowest BCUT2D eigenvalue weighted by molar-refractivity contribution is -0.126. The van der Waals surface area contributed by atoms with E-state index in [0.717, 1.165) is 63.6 Å². The number of carbonyl (C=O) groups is 1. The van der Waals surface area contributed by atoms with E-state index in [1.54, 1.807) is 4.90 Å². The van der Waals surface area contributed by atoms with Crippen LogP contribution in [0.4, 0.5) is 5.82 Å². The Labute approximate surface area is 227 Å². The fourth-order valence-electron chi connectivity index (χ4n) is 5.17. The summed E-state index contributed by atoms with van der Waals surface area (Å²) in [4.78, 5) is 25.9. The van der Waals surface area contributed by atoms with E-state index in [1.165, 1.54) is 6.08 Å². The normalized spacial score (nSPS) is 14.7. The van der Waals surface area contributed by atoms with E-state index in [-0.39, 0.29) is 12.0 Å². The van der Waals surface area contributed by atoms with Gasteiger partial charge in [0.15, 0.2) is 0 Å². The van der Waals surface area contributed by atoms with Crippen LogP contribution in [0.2, 0.25) is 5.02 Å². The number of amides is 1. The van der Waals surface area contributed by atoms with Gasteiger partial charge in [0, 0.05) is 47.5 Å². The third kappa shape index (κ3) is 4.92. The number of fused-ring (bicyclic) bond motifs is 2. The molecule has 0 bridgehead atoms. The summed E-state index contributed by atoms with van der Waals surface area (Å²) >= 11 is 6.96. The van der Waals surface area contributed by atoms with Gasteiger partial charge in [-0.05, 0) is 55.2 Å². The van der Waals surface area contributed by atoms with Crippen LogP contribution in [0.3, 0.4) is 0 Å². The Morgan fingerprint density at radius 2 is 1.97 bits per heavy atom. The van der Waals surface area contributed by atoms with Crippen molar-refractivity contribution in [1.29, 1.82) is 0 Å². The van der Waals surface area contributed by atoms with E-state index >= 15 is 0 Å². The van der Waals surface area contributed by atoms with Gasteiger partial charge >= 0.3 is 6.01 Å². The number of piperazine rings is 1. The molecule has 4 aromatic rings. The van der Waals surface area contributed by atoms with Crippen molar-refractivity contribution < 1.29 is 9.53 Å². The molecule has 9 heteroatoms. The quantitative estimate of drug-likeness (QED) is 0.283. The second-order valence-corrected chi connectivity index (χ2v) is 10.1. The maximum Gasteiger partial charge on any atom is 0.319 e. The maximum atomic E-state index is 12.1. The summed E-state index contributed by atoms with van der Waals surface area (Å²) in [7, 11) is 0. The second-order valence-electron chi connectivity index (χ2n) is 9.72. The lowest BCUT2D eigenvalue weighted by atomic mass is 9.96. The topological polar surface area (TPSA) is 87.2 Å². The molecular formula is C29H33ClN6O2. The van der Waals surface area contributed by atoms with E-state index in [9.17, 15) is 4.79 Å². The highest BCUT2D eigenvalue weighted by Gasteiger charge is 2.25. The van der Waals surface area contributed by atoms with Crippen molar-refractivity contribution in [1.82, 2.24) is 25.1 Å². The minimum absolute atomic E-state index is 0.0426. The molecule has 0 spiro atoms. The smallest absolute Gasteiger partial charge is 0.319 e. The summed E-state index contributed by atoms with van der Waals surface area (Å²) in [5, 5.41) is 9.77. The summed E-state index contributed by atoms with van der Waals surface area (Å²) in [6.07, 6.45) is 6.07. The predicted octanol–water partition coefficient (Wildman–Crippen LogP) is 5.93. The molecule has 38 heavy (non-hydrogen) atoms. The molecule has 8 nitrogen and oxygen atoms in total. The Morgan fingerprint density at radius 3 is 2.68 bits per heavy atom. The number of hydrogen-bond acceptors (Lipinski definition) is 6. The third-order valence-corrected chi connectivity index (χ3v) is 7.56. The van der Waals surface area contributed by atoms with Crippen LogP contribution in [0.5, 0.6) is 6.01 Å². The summed E-state index contributed by atoms with van der Waals surface area (Å²) in [6, 6.07) is 8.44. The van der Waals surface area contributed by atoms with Crippen molar-refractivity contribution in [3.05, 3.63) is 53.7 Å². The van der Waals surface area contributed by atoms with Gasteiger partial charge in [0.25, 0.3) is 0 Å². The first-order valence-corrected chi connectivity index (χ1v) is 13.6. The van der Waals surface area contributed by atoms with Gasteiger partial charge < -0.3 is 14.5 Å². The molecule has 0 saturated carbocycles. The lowest BCUT2D eigenvalue weighted by Gasteiger charge is -2.35. The van der Waals surface area contributed by atoms with Crippen LogP contribution in [-0.4, -0.2) is 63.3 Å². The zero-order chi connectivity index (χ0) is 26.8. The van der Waals surface area contributed by atoms with Crippen LogP contribution >= 0.6 is 11.6 Å². The Bertz CT molecular complexity index is 1490. The number of ether oxygens (including phenoxy) is 1. The highest BCUT2D eigenvalue weighted by Crippen LogP contribution is 2.40. The molecule has 1 aliphatic rings. The second kappa shape index (κ2) is 11.0. The van der Waals surface area contributed by atoms with Gasteiger partial charge in [0.05, 0.1) is 17.2 Å². The summed E-state index contributed by atoms with van der Waals surface area (Å²) in [5.41, 5.74) is 4.73. The summed E-state index contributed by atoms with van der Waals surface area (Å²) in [5.74, 6) is 0.719. The molecule has 1 aliphatic heterocycles. The lowest BCUT2D eigenvalue weighted by Crippen LogP contribution is -2.48. The zero-order valence-corrected chi connectivity index (χ0v) is 22.9. The highest BCUT2D eigenvalue weighted by molar-refractivity contribution is 6.35. The number of nitrogens with one attached hydrogen (secondary N) is 1. The van der Waals surface area contributed by atoms with E-state index < -0.39 is 0 Å². The summed E-state index contributed by atoms with van der Waals surface area (Å²) < 4.78 is 6.30. The molecule has 2 aromatic carbocycles. The molecule has 198 valence electrons. The number of anilines is 1. The monoisotopic (exact) mass is 532 g/mol. The van der Waals surface area contributed by atoms with E-state index in [0.29, 0.717) is 37.2 Å². The zero-order valence-electron chi connectivity index (χ0n) is 22.1. The number of hydrogen-bond donors (Lipinski definition) is 1. The molecule has 0 radical (unpaired) electrons. The van der Waals surface area contributed by atoms with E-state index in [4.69, 9.17) is 26.3 Å². The minimum atomic E-state index is -0.0527. The van der Waals surface area contributed by atoms with E-state index in [2.05, 4.69) is 48.5 Å². The van der Waals surface area contributed by atoms with Gasteiger partial charge in [0.1, 0.15) is 11.9 Å². The first kappa shape index (κ1) is 26.0. The van der Waals surface area contributed by atoms with Crippen LogP contribution < -0.4 is 9.64 Å². The van der Waals surface area contributed by atoms with Crippen molar-refractivity contribution in [3.63, 3.8) is 0 Å². The number of aromatic nitrogens is 4. The predicted molar refractivity (Wildman–Crippen MR) is 153 cm³/mol. The Hall–Kier alpha value is -3.65. The molecule has 0 aliphatic carbocycles. The number of aryl methyl sites for hydroxylation is 1. The van der Waals surface area contributed by atoms with Crippen LogP contribution in [-0.2, 0) is 4.79 Å². The first-order chi connectivity index (χ1) is 18.4. The van der Waals surface area contributed by atoms with Crippen molar-refractivity contribution >= 4 is 45.1 Å². The van der Waals surface area contributed by atoms with Crippen LogP contribution in [0.15, 0.2) is 43.1 Å². The Morgan fingerprint density at radius 1 is 1.18 bits per heavy atom. The molecular weight excluding hydrogens is 500 g/mol. The van der Waals surface area contributed by atoms with E-state index in [1.807, 2.05) is 24.4 Å². The van der Waals surface area contributed by atoms with Crippen LogP contribution in [0, 0.1) is 6.92 Å². The number of benzene rings is 2. The first-order valence-electron chi connectivity index (χ1n) is 13.2. The number of halogens is 1. The van der Waals surface area contributed by atoms with Gasteiger partial charge in [-0.3, -0.25) is 9.89 Å². The molecule has 5 rings (SSSR count). The fraction of sp³-hybridized carbons (Fsp3) is 0.379. The average Bonchev–Trinajstić information content (AvgIpc) is 3.41. The van der Waals surface area contributed by atoms with Crippen LogP contribution in [0.25, 0.3) is 32.9 Å². The fourth-order valence-corrected chi connectivity index (χ4v) is 5.42. The van der Waals surface area contributed by atoms with Gasteiger partial charge in [-0.15, -0.1) is 0 Å². The highest BCUT2D eigenvalue weighted by atomic mass is 35.5. The average molecular weight is 533 g/mol. The SMILES string of the molecule is C=CC(=O)N1CCN(c2nc(OC(CC)CCC)nc3cc(-c4c(C)ccc5[nH]ncc45)c(Cl)cc23)CC1. The van der Waals surface area contributed by atoms with Gasteiger partial charge in [-0.2, -0.15) is 15.1 Å². The molecule has 1 unspecified atom stereocenters. The number of H-pyrrole nitrogens is 1. The Kier molecular flexibility index (Phi) is 7.51. The number of nitrogens with zero attached hydrogens (tertiary/aromatic N) is 5. The van der Waals surface area contributed by atoms with Gasteiger partial charge in [-0.25, -0.2) is 0 Å². The third-order valence-electron chi connectivity index (χ3n) is 7.25. The van der Waals surface area contributed by atoms with Gasteiger partial charge in [-0.1, -0.05) is 44.5 Å². The largest absolute Gasteiger partial charge is 0.460 e. The number of carbonyl (C=O) groups excluding carboxylic acids is 1. The minimum Gasteiger partial charge on any atom is -0.460 e. The number of rotatable bonds is 8. The molecule has 1 fully saturated rings. The van der Waals surface area contributed by atoms with Crippen molar-refractivity contribution in [2.45, 2.75) is 46.1 Å². The molecule has 1 N–H and O–H groups in total. The maximum absolute atomic E-state index is 12.1.